The van der Waals surface area contributed by atoms with Crippen LogP contribution in [-0.2, 0) is 4.79 Å². The number of aromatic amines is 1. The Labute approximate surface area is 117 Å². The van der Waals surface area contributed by atoms with Gasteiger partial charge in [0.05, 0.1) is 12.2 Å². The summed E-state index contributed by atoms with van der Waals surface area (Å²) in [7, 11) is 0. The minimum Gasteiger partial charge on any atom is -0.481 e. The van der Waals surface area contributed by atoms with Crippen LogP contribution >= 0.6 is 0 Å². The molecular weight excluding hydrogens is 260 g/mol. The molecule has 0 aliphatic carbocycles. The number of H-pyrrole nitrogens is 1. The summed E-state index contributed by atoms with van der Waals surface area (Å²) >= 11 is 0. The van der Waals surface area contributed by atoms with Crippen molar-refractivity contribution in [2.24, 2.45) is 5.92 Å². The van der Waals surface area contributed by atoms with Crippen molar-refractivity contribution in [1.29, 1.82) is 0 Å². The van der Waals surface area contributed by atoms with E-state index in [4.69, 9.17) is 5.11 Å². The normalized spacial score (nSPS) is 20.4. The van der Waals surface area contributed by atoms with Gasteiger partial charge in [0, 0.05) is 31.3 Å². The number of carboxylic acids is 1. The molecular formula is C13H20N4O3. The van der Waals surface area contributed by atoms with Gasteiger partial charge >= 0.3 is 12.0 Å². The Kier molecular flexibility index (Phi) is 4.60. The van der Waals surface area contributed by atoms with Crippen molar-refractivity contribution in [3.8, 4) is 0 Å². The molecule has 0 radical (unpaired) electrons. The third-order valence-corrected chi connectivity index (χ3v) is 3.63. The molecule has 1 aromatic rings. The Hall–Kier alpha value is -2.05. The van der Waals surface area contributed by atoms with Crippen LogP contribution in [0, 0.1) is 5.92 Å². The second kappa shape index (κ2) is 6.40. The maximum Gasteiger partial charge on any atom is 0.317 e. The van der Waals surface area contributed by atoms with Gasteiger partial charge in [0.25, 0.3) is 0 Å². The number of hydrogen-bond donors (Lipinski definition) is 3. The van der Waals surface area contributed by atoms with E-state index in [0.29, 0.717) is 13.1 Å². The van der Waals surface area contributed by atoms with Crippen molar-refractivity contribution in [3.63, 3.8) is 0 Å². The second-order valence-electron chi connectivity index (χ2n) is 5.25. The number of urea groups is 1. The Balaban J connectivity index is 1.87. The van der Waals surface area contributed by atoms with Crippen LogP contribution in [0.25, 0.3) is 0 Å². The summed E-state index contributed by atoms with van der Waals surface area (Å²) in [4.78, 5) is 24.6. The number of carbonyl (C=O) groups excluding carboxylic acids is 1. The summed E-state index contributed by atoms with van der Waals surface area (Å²) in [5, 5.41) is 18.3. The molecule has 1 saturated heterocycles. The molecule has 1 aliphatic heterocycles. The zero-order chi connectivity index (χ0) is 14.5. The van der Waals surface area contributed by atoms with Crippen molar-refractivity contribution in [1.82, 2.24) is 20.4 Å². The van der Waals surface area contributed by atoms with E-state index in [1.165, 1.54) is 0 Å². The zero-order valence-electron chi connectivity index (χ0n) is 11.5. The monoisotopic (exact) mass is 280 g/mol. The number of piperidine rings is 1. The molecule has 2 heterocycles. The van der Waals surface area contributed by atoms with Gasteiger partial charge in [0.1, 0.15) is 0 Å². The first-order valence-corrected chi connectivity index (χ1v) is 6.82. The van der Waals surface area contributed by atoms with Gasteiger partial charge in [-0.1, -0.05) is 0 Å². The van der Waals surface area contributed by atoms with Gasteiger partial charge in [0.15, 0.2) is 0 Å². The lowest BCUT2D eigenvalue weighted by Crippen LogP contribution is -2.46. The van der Waals surface area contributed by atoms with Crippen LogP contribution < -0.4 is 5.32 Å². The van der Waals surface area contributed by atoms with Gasteiger partial charge in [-0.15, -0.1) is 0 Å². The number of nitrogens with one attached hydrogen (secondary N) is 2. The number of nitrogens with zero attached hydrogens (tertiary/aromatic N) is 2. The molecule has 20 heavy (non-hydrogen) atoms. The maximum atomic E-state index is 12.2. The quantitative estimate of drug-likeness (QED) is 0.775. The zero-order valence-corrected chi connectivity index (χ0v) is 11.5. The molecule has 3 N–H and O–H groups in total. The van der Waals surface area contributed by atoms with Gasteiger partial charge < -0.3 is 15.3 Å². The number of aromatic nitrogens is 2. The highest BCUT2D eigenvalue weighted by Gasteiger charge is 2.26. The number of amides is 2. The number of aliphatic carboxylic acids is 1. The fourth-order valence-corrected chi connectivity index (χ4v) is 2.52. The van der Waals surface area contributed by atoms with E-state index >= 15 is 0 Å². The highest BCUT2D eigenvalue weighted by Crippen LogP contribution is 2.20. The van der Waals surface area contributed by atoms with Crippen LogP contribution in [-0.4, -0.2) is 45.3 Å². The predicted octanol–water partition coefficient (Wildman–Crippen LogP) is 1.37. The van der Waals surface area contributed by atoms with Crippen LogP contribution in [0.5, 0.6) is 0 Å². The van der Waals surface area contributed by atoms with Crippen LogP contribution in [0.2, 0.25) is 0 Å². The summed E-state index contributed by atoms with van der Waals surface area (Å²) in [6.45, 7) is 3.08. The molecule has 0 spiro atoms. The van der Waals surface area contributed by atoms with Gasteiger partial charge in [-0.25, -0.2) is 4.79 Å². The molecule has 2 amide bonds. The molecule has 0 aromatic carbocycles. The van der Waals surface area contributed by atoms with E-state index in [0.717, 1.165) is 18.4 Å². The van der Waals surface area contributed by atoms with Crippen molar-refractivity contribution < 1.29 is 14.7 Å². The van der Waals surface area contributed by atoms with Gasteiger partial charge in [0.2, 0.25) is 0 Å². The van der Waals surface area contributed by atoms with E-state index in [1.807, 2.05) is 6.92 Å². The van der Waals surface area contributed by atoms with Crippen molar-refractivity contribution in [3.05, 3.63) is 18.0 Å². The molecule has 0 bridgehead atoms. The minimum absolute atomic E-state index is 0.0521. The largest absolute Gasteiger partial charge is 0.481 e. The van der Waals surface area contributed by atoms with E-state index in [9.17, 15) is 9.59 Å². The smallest absolute Gasteiger partial charge is 0.317 e. The van der Waals surface area contributed by atoms with E-state index < -0.39 is 5.97 Å². The third-order valence-electron chi connectivity index (χ3n) is 3.63. The lowest BCUT2D eigenvalue weighted by Gasteiger charge is -2.32. The lowest BCUT2D eigenvalue weighted by molar-refractivity contribution is -0.138. The first-order valence-electron chi connectivity index (χ1n) is 6.82. The summed E-state index contributed by atoms with van der Waals surface area (Å²) < 4.78 is 0. The number of rotatable bonds is 4. The van der Waals surface area contributed by atoms with Gasteiger partial charge in [-0.2, -0.15) is 5.10 Å². The average molecular weight is 280 g/mol. The first-order chi connectivity index (χ1) is 9.56. The highest BCUT2D eigenvalue weighted by molar-refractivity contribution is 5.75. The van der Waals surface area contributed by atoms with E-state index in [2.05, 4.69) is 15.5 Å². The summed E-state index contributed by atoms with van der Waals surface area (Å²) in [5.41, 5.74) is 0.914. The molecule has 7 heteroatoms. The van der Waals surface area contributed by atoms with Gasteiger partial charge in [-0.05, 0) is 25.7 Å². The maximum absolute atomic E-state index is 12.2. The van der Waals surface area contributed by atoms with Crippen molar-refractivity contribution in [2.75, 3.05) is 13.1 Å². The lowest BCUT2D eigenvalue weighted by atomic mass is 9.95. The number of likely N-dealkylation sites (tertiary alicyclic amines) is 1. The second-order valence-corrected chi connectivity index (χ2v) is 5.25. The third kappa shape index (κ3) is 3.72. The van der Waals surface area contributed by atoms with Crippen LogP contribution in [0.1, 0.15) is 37.8 Å². The fourth-order valence-electron chi connectivity index (χ4n) is 2.52. The standard InChI is InChI=1S/C13H20N4O3/c1-9(11-6-14-15-7-11)16-13(20)17-4-2-3-10(8-17)5-12(18)19/h6-7,9-10H,2-5,8H2,1H3,(H,14,15)(H,16,20)(H,18,19). The molecule has 7 nitrogen and oxygen atoms in total. The van der Waals surface area contributed by atoms with Crippen molar-refractivity contribution >= 4 is 12.0 Å². The Bertz CT molecular complexity index is 460. The highest BCUT2D eigenvalue weighted by atomic mass is 16.4. The van der Waals surface area contributed by atoms with Gasteiger partial charge in [-0.3, -0.25) is 9.89 Å². The van der Waals surface area contributed by atoms with E-state index in [-0.39, 0.29) is 24.4 Å². The summed E-state index contributed by atoms with van der Waals surface area (Å²) in [6, 6.07) is -0.269. The Morgan fingerprint density at radius 2 is 2.45 bits per heavy atom. The average Bonchev–Trinajstić information content (AvgIpc) is 2.92. The molecule has 2 unspecified atom stereocenters. The molecule has 1 fully saturated rings. The molecule has 1 aromatic heterocycles. The number of hydrogen-bond acceptors (Lipinski definition) is 3. The van der Waals surface area contributed by atoms with Crippen LogP contribution in [0.4, 0.5) is 4.79 Å². The van der Waals surface area contributed by atoms with Crippen LogP contribution in [0.3, 0.4) is 0 Å². The van der Waals surface area contributed by atoms with Crippen molar-refractivity contribution in [2.45, 2.75) is 32.2 Å². The minimum atomic E-state index is -0.802. The molecule has 0 saturated carbocycles. The summed E-state index contributed by atoms with van der Waals surface area (Å²) in [5.74, 6) is -0.750. The number of carbonyl (C=O) groups is 2. The summed E-state index contributed by atoms with van der Waals surface area (Å²) in [6.07, 6.45) is 5.27. The fraction of sp³-hybridized carbons (Fsp3) is 0.615. The molecule has 110 valence electrons. The van der Waals surface area contributed by atoms with E-state index in [1.54, 1.807) is 17.3 Å². The molecule has 2 rings (SSSR count). The molecule has 1 aliphatic rings. The first kappa shape index (κ1) is 14.4. The Morgan fingerprint density at radius 1 is 1.65 bits per heavy atom. The topological polar surface area (TPSA) is 98.3 Å². The molecule has 2 atom stereocenters. The number of carboxylic acid groups (broad SMARTS) is 1. The van der Waals surface area contributed by atoms with Crippen LogP contribution in [0.15, 0.2) is 12.4 Å². The SMILES string of the molecule is CC(NC(=O)N1CCCC(CC(=O)O)C1)c1cn[nH]c1. The Morgan fingerprint density at radius 3 is 3.10 bits per heavy atom. The predicted molar refractivity (Wildman–Crippen MR) is 72.1 cm³/mol.